The van der Waals surface area contributed by atoms with Crippen molar-refractivity contribution in [3.63, 3.8) is 0 Å². The molecule has 14 heteroatoms. The zero-order valence-corrected chi connectivity index (χ0v) is 17.2. The summed E-state index contributed by atoms with van der Waals surface area (Å²) in [6.07, 6.45) is 3.03. The molecule has 2 aromatic rings. The summed E-state index contributed by atoms with van der Waals surface area (Å²) in [6, 6.07) is 7.41. The summed E-state index contributed by atoms with van der Waals surface area (Å²) in [4.78, 5) is 19.5. The van der Waals surface area contributed by atoms with E-state index < -0.39 is 63.1 Å². The molecule has 2 aromatic carbocycles. The molecule has 0 aliphatic heterocycles. The fourth-order valence-corrected chi connectivity index (χ4v) is 5.92. The van der Waals surface area contributed by atoms with Crippen LogP contribution in [-0.4, -0.2) is 38.8 Å². The normalized spacial score (nSPS) is 18.7. The molecule has 0 fully saturated rings. The topological polar surface area (TPSA) is 179 Å². The Morgan fingerprint density at radius 2 is 1.23 bits per heavy atom. The zero-order chi connectivity index (χ0) is 22.8. The van der Waals surface area contributed by atoms with Gasteiger partial charge in [0.1, 0.15) is 0 Å². The molecule has 1 aliphatic rings. The molecule has 2 unspecified atom stereocenters. The molecule has 0 aromatic heterocycles. The quantitative estimate of drug-likeness (QED) is 0.332. The van der Waals surface area contributed by atoms with Crippen molar-refractivity contribution in [2.24, 2.45) is 0 Å². The molecule has 2 atom stereocenters. The number of nitrogens with one attached hydrogen (secondary N) is 2. The SMILES string of the molecule is O=[N+]([O-])c1ccccc1S(=O)(=O)NC1C=CCC1NS(=O)(=O)c1ccccc1[N+](=O)[O-]. The molecule has 0 heterocycles. The molecule has 1 aliphatic carbocycles. The van der Waals surface area contributed by atoms with Gasteiger partial charge in [0.2, 0.25) is 20.0 Å². The summed E-state index contributed by atoms with van der Waals surface area (Å²) in [5.41, 5.74) is -1.26. The van der Waals surface area contributed by atoms with Gasteiger partial charge in [-0.1, -0.05) is 36.4 Å². The third-order valence-electron chi connectivity index (χ3n) is 4.47. The minimum absolute atomic E-state index is 0.101. The van der Waals surface area contributed by atoms with Gasteiger partial charge in [0.25, 0.3) is 11.4 Å². The van der Waals surface area contributed by atoms with Crippen molar-refractivity contribution in [1.82, 2.24) is 9.44 Å². The van der Waals surface area contributed by atoms with Gasteiger partial charge in [-0.05, 0) is 18.6 Å². The predicted molar refractivity (Wildman–Crippen MR) is 108 cm³/mol. The number of nitro groups is 2. The molecule has 0 amide bonds. The average molecular weight is 468 g/mol. The molecule has 0 radical (unpaired) electrons. The summed E-state index contributed by atoms with van der Waals surface area (Å²) >= 11 is 0. The molecule has 0 saturated heterocycles. The van der Waals surface area contributed by atoms with Gasteiger partial charge < -0.3 is 0 Å². The van der Waals surface area contributed by atoms with E-state index in [0.717, 1.165) is 24.3 Å². The van der Waals surface area contributed by atoms with Crippen LogP contribution in [0.3, 0.4) is 0 Å². The molecule has 12 nitrogen and oxygen atoms in total. The van der Waals surface area contributed by atoms with Crippen LogP contribution in [0.4, 0.5) is 11.4 Å². The van der Waals surface area contributed by atoms with Gasteiger partial charge in [-0.15, -0.1) is 0 Å². The third-order valence-corrected chi connectivity index (χ3v) is 7.51. The number of nitro benzene ring substituents is 2. The Labute approximate surface area is 177 Å². The first-order valence-electron chi connectivity index (χ1n) is 8.71. The highest BCUT2D eigenvalue weighted by Crippen LogP contribution is 2.26. The molecule has 3 rings (SSSR count). The first-order valence-corrected chi connectivity index (χ1v) is 11.7. The maximum atomic E-state index is 12.7. The van der Waals surface area contributed by atoms with Crippen molar-refractivity contribution >= 4 is 31.4 Å². The predicted octanol–water partition coefficient (Wildman–Crippen LogP) is 1.46. The summed E-state index contributed by atoms with van der Waals surface area (Å²) in [7, 11) is -8.75. The van der Waals surface area contributed by atoms with Crippen LogP contribution in [-0.2, 0) is 20.0 Å². The molecular weight excluding hydrogens is 452 g/mol. The Kier molecular flexibility index (Phi) is 6.17. The third kappa shape index (κ3) is 4.77. The molecule has 31 heavy (non-hydrogen) atoms. The Morgan fingerprint density at radius 1 is 0.774 bits per heavy atom. The van der Waals surface area contributed by atoms with Crippen LogP contribution in [0.5, 0.6) is 0 Å². The summed E-state index contributed by atoms with van der Waals surface area (Å²) in [5, 5.41) is 22.3. The minimum Gasteiger partial charge on any atom is -0.258 e. The van der Waals surface area contributed by atoms with Crippen LogP contribution in [0.2, 0.25) is 0 Å². The van der Waals surface area contributed by atoms with Gasteiger partial charge in [-0.2, -0.15) is 0 Å². The highest BCUT2D eigenvalue weighted by atomic mass is 32.2. The van der Waals surface area contributed by atoms with Gasteiger partial charge in [0, 0.05) is 18.2 Å². The summed E-state index contributed by atoms with van der Waals surface area (Å²) in [6.45, 7) is 0. The van der Waals surface area contributed by atoms with Gasteiger partial charge in [-0.3, -0.25) is 20.2 Å². The second-order valence-corrected chi connectivity index (χ2v) is 9.85. The van der Waals surface area contributed by atoms with E-state index in [2.05, 4.69) is 9.44 Å². The average Bonchev–Trinajstić information content (AvgIpc) is 3.13. The van der Waals surface area contributed by atoms with E-state index in [1.165, 1.54) is 36.4 Å². The Morgan fingerprint density at radius 3 is 1.71 bits per heavy atom. The zero-order valence-electron chi connectivity index (χ0n) is 15.6. The van der Waals surface area contributed by atoms with E-state index in [1.807, 2.05) is 0 Å². The molecule has 0 spiro atoms. The van der Waals surface area contributed by atoms with Crippen LogP contribution in [0, 0.1) is 20.2 Å². The number of rotatable bonds is 8. The number of para-hydroxylation sites is 2. The Balaban J connectivity index is 1.86. The van der Waals surface area contributed by atoms with Crippen LogP contribution >= 0.6 is 0 Å². The number of hydrogen-bond acceptors (Lipinski definition) is 8. The molecule has 0 saturated carbocycles. The highest BCUT2D eigenvalue weighted by molar-refractivity contribution is 7.90. The van der Waals surface area contributed by atoms with Gasteiger partial charge in [-0.25, -0.2) is 26.3 Å². The second-order valence-electron chi connectivity index (χ2n) is 6.49. The first kappa shape index (κ1) is 22.5. The minimum atomic E-state index is -4.38. The van der Waals surface area contributed by atoms with E-state index in [1.54, 1.807) is 0 Å². The summed E-state index contributed by atoms with van der Waals surface area (Å²) < 4.78 is 55.4. The van der Waals surface area contributed by atoms with E-state index in [9.17, 15) is 37.1 Å². The maximum Gasteiger partial charge on any atom is 0.289 e. The van der Waals surface area contributed by atoms with Gasteiger partial charge in [0.05, 0.1) is 15.9 Å². The molecular formula is C17H16N4O8S2. The fraction of sp³-hybridized carbons (Fsp3) is 0.176. The Bertz CT molecular complexity index is 1270. The highest BCUT2D eigenvalue weighted by Gasteiger charge is 2.35. The number of hydrogen-bond donors (Lipinski definition) is 2. The smallest absolute Gasteiger partial charge is 0.258 e. The van der Waals surface area contributed by atoms with E-state index in [-0.39, 0.29) is 6.42 Å². The lowest BCUT2D eigenvalue weighted by molar-refractivity contribution is -0.388. The van der Waals surface area contributed by atoms with Gasteiger partial charge >= 0.3 is 0 Å². The van der Waals surface area contributed by atoms with Crippen LogP contribution < -0.4 is 9.44 Å². The van der Waals surface area contributed by atoms with E-state index >= 15 is 0 Å². The monoisotopic (exact) mass is 468 g/mol. The van der Waals surface area contributed by atoms with E-state index in [0.29, 0.717) is 0 Å². The van der Waals surface area contributed by atoms with Gasteiger partial charge in [0.15, 0.2) is 9.79 Å². The van der Waals surface area contributed by atoms with Crippen LogP contribution in [0.15, 0.2) is 70.5 Å². The lowest BCUT2D eigenvalue weighted by Gasteiger charge is -2.21. The van der Waals surface area contributed by atoms with Crippen molar-refractivity contribution in [2.75, 3.05) is 0 Å². The van der Waals surface area contributed by atoms with Crippen molar-refractivity contribution in [2.45, 2.75) is 28.3 Å². The maximum absolute atomic E-state index is 12.7. The standard InChI is InChI=1S/C17H16N4O8S2/c22-20(23)14-8-1-3-10-16(14)30(26,27)18-12-6-5-7-13(12)19-31(28,29)17-11-4-2-9-15(17)21(24)25/h1-6,8-13,18-19H,7H2. The number of sulfonamides is 2. The van der Waals surface area contributed by atoms with Crippen LogP contribution in [0.25, 0.3) is 0 Å². The van der Waals surface area contributed by atoms with Crippen molar-refractivity contribution < 1.29 is 26.7 Å². The summed E-state index contributed by atoms with van der Waals surface area (Å²) in [5.74, 6) is 0. The molecule has 164 valence electrons. The Hall–Kier alpha value is -3.20. The van der Waals surface area contributed by atoms with Crippen molar-refractivity contribution in [3.05, 3.63) is 80.9 Å². The fourth-order valence-electron chi connectivity index (χ4n) is 3.07. The molecule has 2 N–H and O–H groups in total. The van der Waals surface area contributed by atoms with Crippen molar-refractivity contribution in [1.29, 1.82) is 0 Å². The van der Waals surface area contributed by atoms with Crippen LogP contribution in [0.1, 0.15) is 6.42 Å². The lowest BCUT2D eigenvalue weighted by atomic mass is 10.2. The first-order chi connectivity index (χ1) is 14.5. The number of nitrogens with zero attached hydrogens (tertiary/aromatic N) is 2. The van der Waals surface area contributed by atoms with Crippen molar-refractivity contribution in [3.8, 4) is 0 Å². The molecule has 0 bridgehead atoms. The lowest BCUT2D eigenvalue weighted by Crippen LogP contribution is -2.48. The largest absolute Gasteiger partial charge is 0.289 e. The second kappa shape index (κ2) is 8.50. The van der Waals surface area contributed by atoms with E-state index in [4.69, 9.17) is 0 Å². The number of benzene rings is 2.